The maximum absolute atomic E-state index is 11.9. The molecule has 0 aromatic heterocycles. The molecule has 0 spiro atoms. The summed E-state index contributed by atoms with van der Waals surface area (Å²) in [5.74, 6) is -1.83. The minimum absolute atomic E-state index is 0.126. The molecule has 4 nitrogen and oxygen atoms in total. The van der Waals surface area contributed by atoms with E-state index in [1.54, 1.807) is 0 Å². The average molecular weight is 197 g/mol. The maximum Gasteiger partial charge on any atom is 0.414 e. The van der Waals surface area contributed by atoms with Crippen molar-refractivity contribution in [3.63, 3.8) is 0 Å². The molecular formula is C6H6F3NO3. The first-order valence-corrected chi connectivity index (χ1v) is 3.02. The Labute approximate surface area is 71.0 Å². The summed E-state index contributed by atoms with van der Waals surface area (Å²) >= 11 is 0. The highest BCUT2D eigenvalue weighted by atomic mass is 19.4. The van der Waals surface area contributed by atoms with Crippen molar-refractivity contribution in [2.45, 2.75) is 13.1 Å². The number of carboxylic acid groups (broad SMARTS) is 1. The van der Waals surface area contributed by atoms with Crippen LogP contribution >= 0.6 is 0 Å². The summed E-state index contributed by atoms with van der Waals surface area (Å²) in [4.78, 5) is 20.0. The van der Waals surface area contributed by atoms with Gasteiger partial charge in [-0.1, -0.05) is 0 Å². The third-order valence-electron chi connectivity index (χ3n) is 1.22. The number of halogens is 3. The summed E-state index contributed by atoms with van der Waals surface area (Å²) in [5, 5.41) is 9.73. The lowest BCUT2D eigenvalue weighted by Gasteiger charge is -2.09. The number of hydrogen-bond acceptors (Lipinski definition) is 2. The lowest BCUT2D eigenvalue weighted by Crippen LogP contribution is -2.25. The van der Waals surface area contributed by atoms with E-state index in [9.17, 15) is 22.8 Å². The van der Waals surface area contributed by atoms with Crippen LogP contribution in [0.4, 0.5) is 13.2 Å². The Bertz CT molecular complexity index is 256. The molecule has 0 fully saturated rings. The fourth-order valence-corrected chi connectivity index (χ4v) is 0.531. The summed E-state index contributed by atoms with van der Waals surface area (Å²) in [6.45, 7) is 0.569. The Hall–Kier alpha value is -1.53. The van der Waals surface area contributed by atoms with Gasteiger partial charge in [-0.05, 0) is 6.92 Å². The Balaban J connectivity index is 5.08. The van der Waals surface area contributed by atoms with Crippen molar-refractivity contribution in [2.75, 3.05) is 0 Å². The quantitative estimate of drug-likeness (QED) is 0.515. The van der Waals surface area contributed by atoms with E-state index in [1.807, 2.05) is 0 Å². The summed E-state index contributed by atoms with van der Waals surface area (Å²) in [5.41, 5.74) is -2.52. The summed E-state index contributed by atoms with van der Waals surface area (Å²) in [6.07, 6.45) is -4.89. The van der Waals surface area contributed by atoms with E-state index in [2.05, 4.69) is 0 Å². The number of amides is 1. The Morgan fingerprint density at radius 1 is 1.46 bits per heavy atom. The average Bonchev–Trinajstić information content (AvgIpc) is 1.96. The molecule has 0 saturated heterocycles. The fourth-order valence-electron chi connectivity index (χ4n) is 0.531. The molecule has 13 heavy (non-hydrogen) atoms. The van der Waals surface area contributed by atoms with Crippen molar-refractivity contribution in [1.82, 2.24) is 5.32 Å². The smallest absolute Gasteiger partial charge is 0.414 e. The van der Waals surface area contributed by atoms with Gasteiger partial charge in [-0.25, -0.2) is 4.79 Å². The van der Waals surface area contributed by atoms with Crippen LogP contribution in [-0.2, 0) is 9.59 Å². The number of carbonyl (C=O) groups is 2. The largest absolute Gasteiger partial charge is 0.477 e. The van der Waals surface area contributed by atoms with E-state index >= 15 is 0 Å². The number of carboxylic acids is 1. The summed E-state index contributed by atoms with van der Waals surface area (Å²) in [7, 11) is 0. The lowest BCUT2D eigenvalue weighted by atomic mass is 10.2. The standard InChI is InChI=1S/C6H6F3NO3/c1-3(6(7,8)9)4(5(12)13)10-2-11/h2H,1H3,(H,10,11)(H,12,13). The van der Waals surface area contributed by atoms with Crippen LogP contribution < -0.4 is 5.32 Å². The molecule has 0 aromatic carbocycles. The van der Waals surface area contributed by atoms with Crippen LogP contribution in [0.25, 0.3) is 0 Å². The molecule has 74 valence electrons. The zero-order valence-electron chi connectivity index (χ0n) is 6.47. The van der Waals surface area contributed by atoms with E-state index < -0.39 is 23.4 Å². The van der Waals surface area contributed by atoms with Crippen LogP contribution in [0.2, 0.25) is 0 Å². The van der Waals surface area contributed by atoms with Gasteiger partial charge in [0.15, 0.2) is 0 Å². The van der Waals surface area contributed by atoms with E-state index in [0.29, 0.717) is 6.92 Å². The second-order valence-corrected chi connectivity index (χ2v) is 2.07. The predicted molar refractivity (Wildman–Crippen MR) is 35.6 cm³/mol. The minimum Gasteiger partial charge on any atom is -0.477 e. The van der Waals surface area contributed by atoms with Crippen LogP contribution in [0, 0.1) is 0 Å². The molecule has 0 radical (unpaired) electrons. The fraction of sp³-hybridized carbons (Fsp3) is 0.333. The van der Waals surface area contributed by atoms with Crippen molar-refractivity contribution in [2.24, 2.45) is 0 Å². The molecular weight excluding hydrogens is 191 g/mol. The number of hydrogen-bond donors (Lipinski definition) is 2. The van der Waals surface area contributed by atoms with Crippen molar-refractivity contribution in [1.29, 1.82) is 0 Å². The molecule has 7 heteroatoms. The zero-order chi connectivity index (χ0) is 10.6. The van der Waals surface area contributed by atoms with Gasteiger partial charge in [0.2, 0.25) is 6.41 Å². The van der Waals surface area contributed by atoms with Crippen LogP contribution in [0.3, 0.4) is 0 Å². The molecule has 0 aliphatic heterocycles. The first-order chi connectivity index (χ1) is 5.80. The van der Waals surface area contributed by atoms with E-state index in [-0.39, 0.29) is 6.41 Å². The molecule has 0 unspecified atom stereocenters. The van der Waals surface area contributed by atoms with Crippen LogP contribution in [0.5, 0.6) is 0 Å². The zero-order valence-corrected chi connectivity index (χ0v) is 6.47. The van der Waals surface area contributed by atoms with Gasteiger partial charge < -0.3 is 10.4 Å². The number of alkyl halides is 3. The third-order valence-corrected chi connectivity index (χ3v) is 1.22. The Morgan fingerprint density at radius 3 is 2.15 bits per heavy atom. The molecule has 0 saturated carbocycles. The molecule has 0 bridgehead atoms. The van der Waals surface area contributed by atoms with Crippen LogP contribution in [0.15, 0.2) is 11.3 Å². The normalized spacial score (nSPS) is 13.2. The third kappa shape index (κ3) is 3.14. The monoisotopic (exact) mass is 197 g/mol. The molecule has 0 atom stereocenters. The van der Waals surface area contributed by atoms with Gasteiger partial charge in [-0.2, -0.15) is 13.2 Å². The minimum atomic E-state index is -4.76. The summed E-state index contributed by atoms with van der Waals surface area (Å²) in [6, 6.07) is 0. The highest BCUT2D eigenvalue weighted by Gasteiger charge is 2.34. The van der Waals surface area contributed by atoms with E-state index in [1.165, 1.54) is 5.32 Å². The first-order valence-electron chi connectivity index (χ1n) is 3.02. The maximum atomic E-state index is 11.9. The molecule has 0 rings (SSSR count). The van der Waals surface area contributed by atoms with Gasteiger partial charge >= 0.3 is 12.1 Å². The van der Waals surface area contributed by atoms with Crippen LogP contribution in [0.1, 0.15) is 6.92 Å². The van der Waals surface area contributed by atoms with Crippen LogP contribution in [-0.4, -0.2) is 23.7 Å². The number of carbonyl (C=O) groups excluding carboxylic acids is 1. The number of allylic oxidation sites excluding steroid dienone is 1. The van der Waals surface area contributed by atoms with Crippen molar-refractivity contribution in [3.8, 4) is 0 Å². The predicted octanol–water partition coefficient (Wildman–Crippen LogP) is 0.653. The Kier molecular flexibility index (Phi) is 3.46. The van der Waals surface area contributed by atoms with Crippen molar-refractivity contribution < 1.29 is 27.9 Å². The molecule has 0 aliphatic carbocycles. The van der Waals surface area contributed by atoms with Gasteiger partial charge in [-0.3, -0.25) is 4.79 Å². The molecule has 1 amide bonds. The number of rotatable bonds is 3. The van der Waals surface area contributed by atoms with Crippen molar-refractivity contribution >= 4 is 12.4 Å². The highest BCUT2D eigenvalue weighted by molar-refractivity contribution is 5.89. The molecule has 2 N–H and O–H groups in total. The number of nitrogens with one attached hydrogen (secondary N) is 1. The van der Waals surface area contributed by atoms with Gasteiger partial charge in [0.05, 0.1) is 5.57 Å². The molecule has 0 aromatic rings. The first kappa shape index (κ1) is 11.5. The van der Waals surface area contributed by atoms with Crippen molar-refractivity contribution in [3.05, 3.63) is 11.3 Å². The van der Waals surface area contributed by atoms with Gasteiger partial charge in [-0.15, -0.1) is 0 Å². The van der Waals surface area contributed by atoms with Gasteiger partial charge in [0.25, 0.3) is 0 Å². The molecule has 0 aliphatic rings. The number of aliphatic carboxylic acids is 1. The Morgan fingerprint density at radius 2 is 1.92 bits per heavy atom. The lowest BCUT2D eigenvalue weighted by molar-refractivity contribution is -0.135. The highest BCUT2D eigenvalue weighted by Crippen LogP contribution is 2.26. The van der Waals surface area contributed by atoms with Gasteiger partial charge in [0, 0.05) is 0 Å². The second kappa shape index (κ2) is 3.92. The van der Waals surface area contributed by atoms with E-state index in [4.69, 9.17) is 5.11 Å². The summed E-state index contributed by atoms with van der Waals surface area (Å²) < 4.78 is 35.7. The topological polar surface area (TPSA) is 66.4 Å². The van der Waals surface area contributed by atoms with Gasteiger partial charge in [0.1, 0.15) is 5.70 Å². The SMILES string of the molecule is CC(=C(NC=O)C(=O)O)C(F)(F)F. The van der Waals surface area contributed by atoms with E-state index in [0.717, 1.165) is 0 Å². The second-order valence-electron chi connectivity index (χ2n) is 2.07. The molecule has 0 heterocycles.